The molecule has 0 amide bonds. The van der Waals surface area contributed by atoms with Crippen LogP contribution >= 0.6 is 0 Å². The summed E-state index contributed by atoms with van der Waals surface area (Å²) in [6, 6.07) is 3.60. The number of rotatable bonds is 6. The minimum Gasteiger partial charge on any atom is -0.476 e. The van der Waals surface area contributed by atoms with Gasteiger partial charge in [-0.15, -0.1) is 0 Å². The molecule has 1 aromatic rings. The molecule has 4 N–H and O–H groups in total. The molecular weight excluding hydrogens is 254 g/mol. The first kappa shape index (κ1) is 14.9. The Bertz CT molecular complexity index is 443. The summed E-state index contributed by atoms with van der Waals surface area (Å²) in [5.41, 5.74) is 5.80. The van der Waals surface area contributed by atoms with Crippen molar-refractivity contribution in [3.8, 4) is 5.88 Å². The van der Waals surface area contributed by atoms with Gasteiger partial charge in [-0.3, -0.25) is 0 Å². The lowest BCUT2D eigenvalue weighted by atomic mass is 10.0. The number of nitrogens with one attached hydrogen (secondary N) is 1. The van der Waals surface area contributed by atoms with Crippen LogP contribution in [0.25, 0.3) is 0 Å². The lowest BCUT2D eigenvalue weighted by Gasteiger charge is -2.23. The maximum Gasteiger partial charge on any atom is 0.239 e. The van der Waals surface area contributed by atoms with Crippen molar-refractivity contribution < 1.29 is 9.84 Å². The molecule has 5 heteroatoms. The van der Waals surface area contributed by atoms with E-state index in [0.29, 0.717) is 36.5 Å². The SMILES string of the molecule is CC(C)COc1nc(NCC2(O)CCCC2)ccc1N. The van der Waals surface area contributed by atoms with Gasteiger partial charge in [0, 0.05) is 6.54 Å². The molecule has 0 saturated heterocycles. The van der Waals surface area contributed by atoms with Crippen molar-refractivity contribution in [3.63, 3.8) is 0 Å². The highest BCUT2D eigenvalue weighted by Crippen LogP contribution is 2.30. The van der Waals surface area contributed by atoms with Crippen LogP contribution in [0.1, 0.15) is 39.5 Å². The zero-order valence-corrected chi connectivity index (χ0v) is 12.4. The minimum absolute atomic E-state index is 0.423. The van der Waals surface area contributed by atoms with Crippen LogP contribution in [0, 0.1) is 5.92 Å². The summed E-state index contributed by atoms with van der Waals surface area (Å²) < 4.78 is 5.60. The Morgan fingerprint density at radius 1 is 1.40 bits per heavy atom. The number of nitrogens with two attached hydrogens (primary N) is 1. The fraction of sp³-hybridized carbons (Fsp3) is 0.667. The molecule has 20 heavy (non-hydrogen) atoms. The molecule has 0 unspecified atom stereocenters. The highest BCUT2D eigenvalue weighted by Gasteiger charge is 2.30. The monoisotopic (exact) mass is 279 g/mol. The predicted octanol–water partition coefficient (Wildman–Crippen LogP) is 2.42. The number of nitrogens with zero attached hydrogens (tertiary/aromatic N) is 1. The van der Waals surface area contributed by atoms with Gasteiger partial charge in [-0.25, -0.2) is 0 Å². The van der Waals surface area contributed by atoms with Gasteiger partial charge in [-0.2, -0.15) is 4.98 Å². The van der Waals surface area contributed by atoms with Gasteiger partial charge >= 0.3 is 0 Å². The van der Waals surface area contributed by atoms with Crippen LogP contribution in [0.2, 0.25) is 0 Å². The third-order valence-electron chi connectivity index (χ3n) is 3.58. The lowest BCUT2D eigenvalue weighted by Crippen LogP contribution is -2.33. The molecule has 2 rings (SSSR count). The summed E-state index contributed by atoms with van der Waals surface area (Å²) in [5.74, 6) is 1.58. The molecule has 0 spiro atoms. The number of aromatic nitrogens is 1. The van der Waals surface area contributed by atoms with Crippen LogP contribution in [-0.4, -0.2) is 28.8 Å². The molecule has 0 aromatic carbocycles. The zero-order valence-electron chi connectivity index (χ0n) is 12.4. The van der Waals surface area contributed by atoms with Crippen LogP contribution < -0.4 is 15.8 Å². The van der Waals surface area contributed by atoms with Gasteiger partial charge in [0.05, 0.1) is 17.9 Å². The smallest absolute Gasteiger partial charge is 0.239 e. The van der Waals surface area contributed by atoms with Crippen LogP contribution in [0.5, 0.6) is 5.88 Å². The maximum absolute atomic E-state index is 10.3. The standard InChI is InChI=1S/C15H25N3O2/c1-11(2)9-20-14-12(16)5-6-13(18-14)17-10-15(19)7-3-4-8-15/h5-6,11,19H,3-4,7-10,16H2,1-2H3,(H,17,18). The maximum atomic E-state index is 10.3. The van der Waals surface area contributed by atoms with Gasteiger partial charge in [0.2, 0.25) is 5.88 Å². The molecule has 1 fully saturated rings. The lowest BCUT2D eigenvalue weighted by molar-refractivity contribution is 0.0614. The van der Waals surface area contributed by atoms with E-state index in [-0.39, 0.29) is 0 Å². The van der Waals surface area contributed by atoms with Gasteiger partial charge < -0.3 is 20.9 Å². The van der Waals surface area contributed by atoms with Crippen molar-refractivity contribution in [2.75, 3.05) is 24.2 Å². The topological polar surface area (TPSA) is 80.4 Å². The molecule has 1 heterocycles. The Hall–Kier alpha value is -1.49. The first-order valence-electron chi connectivity index (χ1n) is 7.34. The fourth-order valence-electron chi connectivity index (χ4n) is 2.38. The molecule has 0 bridgehead atoms. The van der Waals surface area contributed by atoms with Crippen molar-refractivity contribution in [1.82, 2.24) is 4.98 Å². The summed E-state index contributed by atoms with van der Waals surface area (Å²) in [5, 5.41) is 13.5. The van der Waals surface area contributed by atoms with Crippen molar-refractivity contribution >= 4 is 11.5 Å². The minimum atomic E-state index is -0.595. The van der Waals surface area contributed by atoms with Crippen molar-refractivity contribution in [2.45, 2.75) is 45.1 Å². The molecular formula is C15H25N3O2. The summed E-state index contributed by atoms with van der Waals surface area (Å²) in [6.45, 7) is 5.26. The highest BCUT2D eigenvalue weighted by molar-refractivity contribution is 5.53. The van der Waals surface area contributed by atoms with Crippen LogP contribution in [0.15, 0.2) is 12.1 Å². The number of nitrogen functional groups attached to an aromatic ring is 1. The summed E-state index contributed by atoms with van der Waals surface area (Å²) in [6.07, 6.45) is 3.89. The second-order valence-electron chi connectivity index (χ2n) is 6.08. The van der Waals surface area contributed by atoms with Crippen molar-refractivity contribution in [3.05, 3.63) is 12.1 Å². The Kier molecular flexibility index (Phi) is 4.70. The first-order valence-corrected chi connectivity index (χ1v) is 7.34. The van der Waals surface area contributed by atoms with E-state index in [0.717, 1.165) is 25.7 Å². The van der Waals surface area contributed by atoms with Gasteiger partial charge in [0.15, 0.2) is 0 Å². The summed E-state index contributed by atoms with van der Waals surface area (Å²) in [7, 11) is 0. The van der Waals surface area contributed by atoms with E-state index in [2.05, 4.69) is 24.1 Å². The van der Waals surface area contributed by atoms with Gasteiger partial charge in [-0.05, 0) is 30.9 Å². The molecule has 0 aliphatic heterocycles. The van der Waals surface area contributed by atoms with Gasteiger partial charge in [-0.1, -0.05) is 26.7 Å². The number of hydrogen-bond acceptors (Lipinski definition) is 5. The molecule has 5 nitrogen and oxygen atoms in total. The second-order valence-corrected chi connectivity index (χ2v) is 6.08. The average molecular weight is 279 g/mol. The zero-order chi connectivity index (χ0) is 14.6. The van der Waals surface area contributed by atoms with Crippen LogP contribution in [-0.2, 0) is 0 Å². The molecule has 1 aliphatic carbocycles. The Morgan fingerprint density at radius 3 is 2.75 bits per heavy atom. The molecule has 1 saturated carbocycles. The Labute approximate surface area is 120 Å². The molecule has 1 aromatic heterocycles. The predicted molar refractivity (Wildman–Crippen MR) is 80.9 cm³/mol. The van der Waals surface area contributed by atoms with Crippen molar-refractivity contribution in [2.24, 2.45) is 5.92 Å². The molecule has 112 valence electrons. The number of anilines is 2. The highest BCUT2D eigenvalue weighted by atomic mass is 16.5. The average Bonchev–Trinajstić information content (AvgIpc) is 2.83. The summed E-state index contributed by atoms with van der Waals surface area (Å²) in [4.78, 5) is 4.37. The van der Waals surface area contributed by atoms with E-state index in [1.807, 2.05) is 6.07 Å². The molecule has 0 atom stereocenters. The van der Waals surface area contributed by atoms with E-state index in [9.17, 15) is 5.11 Å². The van der Waals surface area contributed by atoms with E-state index in [4.69, 9.17) is 10.5 Å². The van der Waals surface area contributed by atoms with Crippen molar-refractivity contribution in [1.29, 1.82) is 0 Å². The van der Waals surface area contributed by atoms with Crippen LogP contribution in [0.4, 0.5) is 11.5 Å². The van der Waals surface area contributed by atoms with E-state index >= 15 is 0 Å². The number of aliphatic hydroxyl groups is 1. The first-order chi connectivity index (χ1) is 9.48. The number of pyridine rings is 1. The second kappa shape index (κ2) is 6.31. The van der Waals surface area contributed by atoms with E-state index in [1.165, 1.54) is 0 Å². The van der Waals surface area contributed by atoms with E-state index in [1.54, 1.807) is 6.07 Å². The van der Waals surface area contributed by atoms with Gasteiger partial charge in [0.25, 0.3) is 0 Å². The number of hydrogen-bond donors (Lipinski definition) is 3. The van der Waals surface area contributed by atoms with Gasteiger partial charge in [0.1, 0.15) is 5.82 Å². The Morgan fingerprint density at radius 2 is 2.10 bits per heavy atom. The molecule has 1 aliphatic rings. The largest absolute Gasteiger partial charge is 0.476 e. The Balaban J connectivity index is 1.96. The third-order valence-corrected chi connectivity index (χ3v) is 3.58. The van der Waals surface area contributed by atoms with Crippen LogP contribution in [0.3, 0.4) is 0 Å². The number of ether oxygens (including phenoxy) is 1. The normalized spacial score (nSPS) is 17.4. The fourth-order valence-corrected chi connectivity index (χ4v) is 2.38. The quantitative estimate of drug-likeness (QED) is 0.745. The molecule has 0 radical (unpaired) electrons. The van der Waals surface area contributed by atoms with E-state index < -0.39 is 5.60 Å². The third kappa shape index (κ3) is 4.00. The summed E-state index contributed by atoms with van der Waals surface area (Å²) >= 11 is 0.